The molecule has 202 valence electrons. The first-order valence-electron chi connectivity index (χ1n) is 10.2. The summed E-state index contributed by atoms with van der Waals surface area (Å²) >= 11 is 0. The van der Waals surface area contributed by atoms with E-state index < -0.39 is 86.6 Å². The number of esters is 2. The van der Waals surface area contributed by atoms with Crippen molar-refractivity contribution >= 4 is 11.9 Å². The van der Waals surface area contributed by atoms with Crippen molar-refractivity contribution in [3.05, 3.63) is 0 Å². The lowest BCUT2D eigenvalue weighted by Crippen LogP contribution is -2.51. The quantitative estimate of drug-likeness (QED) is 0.0495. The molecule has 2 unspecified atom stereocenters. The summed E-state index contributed by atoms with van der Waals surface area (Å²) in [6, 6.07) is 0. The van der Waals surface area contributed by atoms with Gasteiger partial charge >= 0.3 is 11.9 Å². The van der Waals surface area contributed by atoms with Crippen molar-refractivity contribution in [2.24, 2.45) is 0 Å². The highest BCUT2D eigenvalue weighted by Gasteiger charge is 2.37. The third kappa shape index (κ3) is 10.8. The van der Waals surface area contributed by atoms with Gasteiger partial charge in [0.2, 0.25) is 12.6 Å². The fourth-order valence-electron chi connectivity index (χ4n) is 2.48. The van der Waals surface area contributed by atoms with Gasteiger partial charge in [-0.15, -0.1) is 0 Å². The summed E-state index contributed by atoms with van der Waals surface area (Å²) in [6.45, 7) is -1.90. The molecule has 0 aromatic carbocycles. The number of aliphatic hydroxyl groups excluding tert-OH is 12. The molecule has 0 radical (unpaired) electrons. The highest BCUT2D eigenvalue weighted by Crippen LogP contribution is 2.13. The molecule has 0 bridgehead atoms. The molecule has 0 aromatic heterocycles. The molecular formula is C18H34O16. The Labute approximate surface area is 193 Å². The summed E-state index contributed by atoms with van der Waals surface area (Å²) in [5.74, 6) is -2.14. The molecule has 0 aliphatic rings. The van der Waals surface area contributed by atoms with E-state index in [2.05, 4.69) is 9.47 Å². The van der Waals surface area contributed by atoms with E-state index in [-0.39, 0.29) is 25.7 Å². The van der Waals surface area contributed by atoms with Gasteiger partial charge in [0.25, 0.3) is 0 Å². The molecule has 0 saturated carbocycles. The molecule has 0 aliphatic carbocycles. The number of aliphatic hydroxyl groups is 12. The Kier molecular flexibility index (Phi) is 15.5. The lowest BCUT2D eigenvalue weighted by atomic mass is 10.0. The van der Waals surface area contributed by atoms with Crippen molar-refractivity contribution in [1.29, 1.82) is 0 Å². The zero-order valence-corrected chi connectivity index (χ0v) is 18.0. The number of carbonyl (C=O) groups is 2. The van der Waals surface area contributed by atoms with Crippen LogP contribution in [0.15, 0.2) is 0 Å². The first kappa shape index (κ1) is 32.5. The second-order valence-electron chi connectivity index (χ2n) is 7.41. The second-order valence-corrected chi connectivity index (χ2v) is 7.41. The molecule has 0 spiro atoms. The maximum Gasteiger partial charge on any atom is 0.308 e. The van der Waals surface area contributed by atoms with Crippen LogP contribution in [0.2, 0.25) is 0 Å². The van der Waals surface area contributed by atoms with Crippen LogP contribution in [-0.2, 0) is 19.1 Å². The SMILES string of the molecule is O=C(CCCCC(=O)OC(O)[C@H](O)[C@@H](O)[C@H](O)[C@H](O)CO)OC(O)[C@H](O)[C@@H](O)[C@H](O)[C@H](O)CO. The van der Waals surface area contributed by atoms with Gasteiger partial charge in [0.15, 0.2) is 0 Å². The fraction of sp³-hybridized carbons (Fsp3) is 0.889. The summed E-state index contributed by atoms with van der Waals surface area (Å²) in [6.07, 6.45) is -21.9. The van der Waals surface area contributed by atoms with Crippen LogP contribution in [-0.4, -0.2) is 148 Å². The summed E-state index contributed by atoms with van der Waals surface area (Å²) in [5.41, 5.74) is 0. The Balaban J connectivity index is 4.34. The summed E-state index contributed by atoms with van der Waals surface area (Å²) < 4.78 is 8.90. The second kappa shape index (κ2) is 16.2. The molecule has 0 aliphatic heterocycles. The van der Waals surface area contributed by atoms with E-state index in [9.17, 15) is 60.7 Å². The number of carbonyl (C=O) groups excluding carboxylic acids is 2. The molecule has 16 heteroatoms. The first-order valence-corrected chi connectivity index (χ1v) is 10.2. The number of hydrogen-bond donors (Lipinski definition) is 12. The molecule has 0 amide bonds. The van der Waals surface area contributed by atoms with Crippen LogP contribution < -0.4 is 0 Å². The van der Waals surface area contributed by atoms with Gasteiger partial charge in [0, 0.05) is 12.8 Å². The van der Waals surface area contributed by atoms with Gasteiger partial charge in [-0.05, 0) is 12.8 Å². The van der Waals surface area contributed by atoms with E-state index in [1.54, 1.807) is 0 Å². The van der Waals surface area contributed by atoms with Crippen LogP contribution in [0, 0.1) is 0 Å². The van der Waals surface area contributed by atoms with Crippen molar-refractivity contribution < 1.29 is 80.3 Å². The van der Waals surface area contributed by atoms with Crippen LogP contribution in [0.5, 0.6) is 0 Å². The summed E-state index contributed by atoms with van der Waals surface area (Å²) in [7, 11) is 0. The van der Waals surface area contributed by atoms with Crippen LogP contribution in [0.3, 0.4) is 0 Å². The molecule has 0 saturated heterocycles. The average Bonchev–Trinajstić information content (AvgIpc) is 2.82. The van der Waals surface area contributed by atoms with E-state index in [1.165, 1.54) is 0 Å². The van der Waals surface area contributed by atoms with Gasteiger partial charge in [-0.1, -0.05) is 0 Å². The predicted molar refractivity (Wildman–Crippen MR) is 105 cm³/mol. The van der Waals surface area contributed by atoms with Crippen molar-refractivity contribution in [3.63, 3.8) is 0 Å². The van der Waals surface area contributed by atoms with Crippen LogP contribution >= 0.6 is 0 Å². The van der Waals surface area contributed by atoms with Gasteiger partial charge in [-0.25, -0.2) is 0 Å². The third-order valence-corrected chi connectivity index (χ3v) is 4.66. The molecule has 0 aromatic rings. The topological polar surface area (TPSA) is 295 Å². The number of ether oxygens (including phenoxy) is 2. The monoisotopic (exact) mass is 506 g/mol. The molecular weight excluding hydrogens is 472 g/mol. The summed E-state index contributed by atoms with van der Waals surface area (Å²) in [4.78, 5) is 23.3. The van der Waals surface area contributed by atoms with Gasteiger partial charge in [0.1, 0.15) is 48.8 Å². The number of unbranched alkanes of at least 4 members (excludes halogenated alkanes) is 1. The normalized spacial score (nSPS) is 20.7. The van der Waals surface area contributed by atoms with E-state index in [0.717, 1.165) is 0 Å². The Bertz CT molecular complexity index is 540. The molecule has 16 nitrogen and oxygen atoms in total. The predicted octanol–water partition coefficient (Wildman–Crippen LogP) is -6.86. The zero-order valence-electron chi connectivity index (χ0n) is 18.0. The van der Waals surface area contributed by atoms with Crippen molar-refractivity contribution in [3.8, 4) is 0 Å². The fourth-order valence-corrected chi connectivity index (χ4v) is 2.48. The minimum Gasteiger partial charge on any atom is -0.433 e. The van der Waals surface area contributed by atoms with Gasteiger partial charge in [-0.2, -0.15) is 0 Å². The number of rotatable bonds is 17. The minimum absolute atomic E-state index is 0.0200. The first-order chi connectivity index (χ1) is 15.8. The minimum atomic E-state index is -2.28. The maximum absolute atomic E-state index is 11.7. The smallest absolute Gasteiger partial charge is 0.308 e. The maximum atomic E-state index is 11.7. The van der Waals surface area contributed by atoms with Gasteiger partial charge < -0.3 is 70.8 Å². The molecule has 0 fully saturated rings. The lowest BCUT2D eigenvalue weighted by Gasteiger charge is -2.28. The summed E-state index contributed by atoms with van der Waals surface area (Å²) in [5, 5.41) is 112. The molecule has 12 N–H and O–H groups in total. The lowest BCUT2D eigenvalue weighted by molar-refractivity contribution is -0.215. The van der Waals surface area contributed by atoms with E-state index in [0.29, 0.717) is 0 Å². The van der Waals surface area contributed by atoms with Gasteiger partial charge in [-0.3, -0.25) is 9.59 Å². The standard InChI is InChI=1S/C18H34O16/c19-5-7(21)11(25)13(27)15(29)17(31)33-9(23)3-1-2-4-10(24)34-18(32)16(30)14(28)12(26)8(22)6-20/h7-8,11-22,25-32H,1-6H2/t7-,8-,11-,12-,13+,14+,15-,16-,17?,18?/m1/s1. The highest BCUT2D eigenvalue weighted by atomic mass is 16.7. The zero-order chi connectivity index (χ0) is 26.6. The van der Waals surface area contributed by atoms with Crippen LogP contribution in [0.1, 0.15) is 25.7 Å². The van der Waals surface area contributed by atoms with Crippen LogP contribution in [0.4, 0.5) is 0 Å². The third-order valence-electron chi connectivity index (χ3n) is 4.66. The number of hydrogen-bond acceptors (Lipinski definition) is 16. The molecule has 10 atom stereocenters. The van der Waals surface area contributed by atoms with Crippen molar-refractivity contribution in [2.45, 2.75) is 87.1 Å². The van der Waals surface area contributed by atoms with E-state index in [1.807, 2.05) is 0 Å². The van der Waals surface area contributed by atoms with E-state index in [4.69, 9.17) is 10.2 Å². The van der Waals surface area contributed by atoms with E-state index >= 15 is 0 Å². The van der Waals surface area contributed by atoms with Crippen molar-refractivity contribution in [1.82, 2.24) is 0 Å². The molecule has 0 rings (SSSR count). The average molecular weight is 506 g/mol. The molecule has 0 heterocycles. The Morgan fingerprint density at radius 3 is 1.06 bits per heavy atom. The Hall–Kier alpha value is -1.54. The molecule has 34 heavy (non-hydrogen) atoms. The Morgan fingerprint density at radius 1 is 0.500 bits per heavy atom. The van der Waals surface area contributed by atoms with Crippen LogP contribution in [0.25, 0.3) is 0 Å². The van der Waals surface area contributed by atoms with Crippen molar-refractivity contribution in [2.75, 3.05) is 13.2 Å². The Morgan fingerprint density at radius 2 is 0.794 bits per heavy atom. The largest absolute Gasteiger partial charge is 0.433 e. The highest BCUT2D eigenvalue weighted by molar-refractivity contribution is 5.70. The van der Waals surface area contributed by atoms with Gasteiger partial charge in [0.05, 0.1) is 13.2 Å².